The van der Waals surface area contributed by atoms with Gasteiger partial charge in [0.25, 0.3) is 0 Å². The SMILES string of the molecule is CCC(C)C(N)Cc1ccc(F)c(F)c1. The smallest absolute Gasteiger partial charge is 0.159 e. The molecule has 0 fully saturated rings. The van der Waals surface area contributed by atoms with E-state index in [-0.39, 0.29) is 6.04 Å². The lowest BCUT2D eigenvalue weighted by atomic mass is 9.94. The maximum absolute atomic E-state index is 12.9. The highest BCUT2D eigenvalue weighted by Crippen LogP contribution is 2.14. The fourth-order valence-electron chi connectivity index (χ4n) is 1.44. The topological polar surface area (TPSA) is 26.0 Å². The Kier molecular flexibility index (Phi) is 4.21. The minimum atomic E-state index is -0.809. The molecule has 0 saturated heterocycles. The Balaban J connectivity index is 2.68. The molecule has 0 saturated carbocycles. The summed E-state index contributed by atoms with van der Waals surface area (Å²) in [5.41, 5.74) is 6.68. The molecular formula is C12H17F2N. The zero-order valence-electron chi connectivity index (χ0n) is 9.13. The lowest BCUT2D eigenvalue weighted by Gasteiger charge is -2.18. The number of nitrogens with two attached hydrogens (primary N) is 1. The van der Waals surface area contributed by atoms with E-state index >= 15 is 0 Å². The Labute approximate surface area is 89.3 Å². The Bertz CT molecular complexity index is 325. The molecule has 2 N–H and O–H groups in total. The molecule has 1 aromatic rings. The highest BCUT2D eigenvalue weighted by atomic mass is 19.2. The normalized spacial score (nSPS) is 15.0. The van der Waals surface area contributed by atoms with Crippen molar-refractivity contribution < 1.29 is 8.78 Å². The molecule has 2 unspecified atom stereocenters. The largest absolute Gasteiger partial charge is 0.327 e. The molecule has 1 aromatic carbocycles. The van der Waals surface area contributed by atoms with E-state index in [2.05, 4.69) is 13.8 Å². The highest BCUT2D eigenvalue weighted by Gasteiger charge is 2.12. The molecular weight excluding hydrogens is 196 g/mol. The van der Waals surface area contributed by atoms with Gasteiger partial charge in [-0.3, -0.25) is 0 Å². The fraction of sp³-hybridized carbons (Fsp3) is 0.500. The number of hydrogen-bond acceptors (Lipinski definition) is 1. The minimum absolute atomic E-state index is 0.000128. The first-order valence-corrected chi connectivity index (χ1v) is 5.24. The van der Waals surface area contributed by atoms with Crippen LogP contribution in [0.5, 0.6) is 0 Å². The molecule has 84 valence electrons. The summed E-state index contributed by atoms with van der Waals surface area (Å²) in [6.07, 6.45) is 1.58. The van der Waals surface area contributed by atoms with Gasteiger partial charge in [-0.1, -0.05) is 26.3 Å². The molecule has 0 aliphatic heterocycles. The fourth-order valence-corrected chi connectivity index (χ4v) is 1.44. The van der Waals surface area contributed by atoms with E-state index in [0.717, 1.165) is 18.1 Å². The summed E-state index contributed by atoms with van der Waals surface area (Å²) >= 11 is 0. The monoisotopic (exact) mass is 213 g/mol. The predicted octanol–water partition coefficient (Wildman–Crippen LogP) is 2.88. The van der Waals surface area contributed by atoms with Crippen molar-refractivity contribution in [3.63, 3.8) is 0 Å². The number of rotatable bonds is 4. The van der Waals surface area contributed by atoms with Crippen LogP contribution in [-0.2, 0) is 6.42 Å². The molecule has 0 aromatic heterocycles. The van der Waals surface area contributed by atoms with Gasteiger partial charge in [-0.2, -0.15) is 0 Å². The van der Waals surface area contributed by atoms with Crippen LogP contribution in [0.4, 0.5) is 8.78 Å². The van der Waals surface area contributed by atoms with Crippen LogP contribution in [-0.4, -0.2) is 6.04 Å². The first kappa shape index (κ1) is 12.1. The molecule has 0 bridgehead atoms. The maximum Gasteiger partial charge on any atom is 0.159 e. The second-order valence-corrected chi connectivity index (χ2v) is 4.00. The van der Waals surface area contributed by atoms with Crippen LogP contribution in [0.25, 0.3) is 0 Å². The van der Waals surface area contributed by atoms with Crippen molar-refractivity contribution in [1.82, 2.24) is 0 Å². The average Bonchev–Trinajstić information content (AvgIpc) is 2.22. The first-order chi connectivity index (χ1) is 7.04. The molecule has 0 heterocycles. The molecule has 2 atom stereocenters. The molecule has 0 amide bonds. The second kappa shape index (κ2) is 5.21. The van der Waals surface area contributed by atoms with E-state index in [4.69, 9.17) is 5.73 Å². The minimum Gasteiger partial charge on any atom is -0.327 e. The Morgan fingerprint density at radius 2 is 1.93 bits per heavy atom. The van der Waals surface area contributed by atoms with Crippen LogP contribution in [0.1, 0.15) is 25.8 Å². The third kappa shape index (κ3) is 3.27. The molecule has 3 heteroatoms. The van der Waals surface area contributed by atoms with Gasteiger partial charge < -0.3 is 5.73 Å². The van der Waals surface area contributed by atoms with Crippen LogP contribution >= 0.6 is 0 Å². The van der Waals surface area contributed by atoms with Gasteiger partial charge in [-0.25, -0.2) is 8.78 Å². The van der Waals surface area contributed by atoms with Crippen molar-refractivity contribution >= 4 is 0 Å². The van der Waals surface area contributed by atoms with E-state index in [9.17, 15) is 8.78 Å². The lowest BCUT2D eigenvalue weighted by Crippen LogP contribution is -2.30. The quantitative estimate of drug-likeness (QED) is 0.817. The summed E-state index contributed by atoms with van der Waals surface area (Å²) in [6, 6.07) is 3.95. The maximum atomic E-state index is 12.9. The third-order valence-electron chi connectivity index (χ3n) is 2.83. The molecule has 0 aliphatic rings. The van der Waals surface area contributed by atoms with Crippen molar-refractivity contribution in [2.75, 3.05) is 0 Å². The van der Waals surface area contributed by atoms with Crippen LogP contribution in [0.15, 0.2) is 18.2 Å². The summed E-state index contributed by atoms with van der Waals surface area (Å²) in [5, 5.41) is 0. The van der Waals surface area contributed by atoms with Crippen molar-refractivity contribution in [3.05, 3.63) is 35.4 Å². The van der Waals surface area contributed by atoms with Crippen molar-refractivity contribution in [2.24, 2.45) is 11.7 Å². The summed E-state index contributed by atoms with van der Waals surface area (Å²) < 4.78 is 25.6. The zero-order valence-corrected chi connectivity index (χ0v) is 9.13. The summed E-state index contributed by atoms with van der Waals surface area (Å²) in [4.78, 5) is 0. The van der Waals surface area contributed by atoms with Gasteiger partial charge in [0.15, 0.2) is 11.6 Å². The zero-order chi connectivity index (χ0) is 11.4. The van der Waals surface area contributed by atoms with Gasteiger partial charge in [0.05, 0.1) is 0 Å². The van der Waals surface area contributed by atoms with Gasteiger partial charge in [-0.15, -0.1) is 0 Å². The Morgan fingerprint density at radius 3 is 2.47 bits per heavy atom. The average molecular weight is 213 g/mol. The number of halogens is 2. The molecule has 0 spiro atoms. The van der Waals surface area contributed by atoms with Gasteiger partial charge in [0, 0.05) is 6.04 Å². The first-order valence-electron chi connectivity index (χ1n) is 5.24. The Morgan fingerprint density at radius 1 is 1.27 bits per heavy atom. The van der Waals surface area contributed by atoms with Crippen LogP contribution < -0.4 is 5.73 Å². The van der Waals surface area contributed by atoms with Crippen molar-refractivity contribution in [1.29, 1.82) is 0 Å². The van der Waals surface area contributed by atoms with Gasteiger partial charge >= 0.3 is 0 Å². The van der Waals surface area contributed by atoms with Crippen LogP contribution in [0.3, 0.4) is 0 Å². The third-order valence-corrected chi connectivity index (χ3v) is 2.83. The molecule has 0 aliphatic carbocycles. The number of hydrogen-bond donors (Lipinski definition) is 1. The standard InChI is InChI=1S/C12H17F2N/c1-3-8(2)12(15)7-9-4-5-10(13)11(14)6-9/h4-6,8,12H,3,7,15H2,1-2H3. The van der Waals surface area contributed by atoms with E-state index in [1.54, 1.807) is 6.07 Å². The summed E-state index contributed by atoms with van der Waals surface area (Å²) in [5.74, 6) is -1.22. The van der Waals surface area contributed by atoms with Crippen LogP contribution in [0, 0.1) is 17.6 Å². The molecule has 1 nitrogen and oxygen atoms in total. The molecule has 15 heavy (non-hydrogen) atoms. The van der Waals surface area contributed by atoms with Crippen LogP contribution in [0.2, 0.25) is 0 Å². The van der Waals surface area contributed by atoms with E-state index in [0.29, 0.717) is 12.3 Å². The highest BCUT2D eigenvalue weighted by molar-refractivity contribution is 5.18. The van der Waals surface area contributed by atoms with Gasteiger partial charge in [-0.05, 0) is 30.0 Å². The Hall–Kier alpha value is -0.960. The lowest BCUT2D eigenvalue weighted by molar-refractivity contribution is 0.438. The van der Waals surface area contributed by atoms with Gasteiger partial charge in [0.1, 0.15) is 0 Å². The van der Waals surface area contributed by atoms with E-state index in [1.807, 2.05) is 0 Å². The summed E-state index contributed by atoms with van der Waals surface area (Å²) in [6.45, 7) is 4.13. The second-order valence-electron chi connectivity index (χ2n) is 4.00. The summed E-state index contributed by atoms with van der Waals surface area (Å²) in [7, 11) is 0. The molecule has 1 rings (SSSR count). The van der Waals surface area contributed by atoms with Crippen molar-refractivity contribution in [3.8, 4) is 0 Å². The predicted molar refractivity (Wildman–Crippen MR) is 57.5 cm³/mol. The molecule has 0 radical (unpaired) electrons. The van der Waals surface area contributed by atoms with Crippen molar-refractivity contribution in [2.45, 2.75) is 32.7 Å². The number of benzene rings is 1. The van der Waals surface area contributed by atoms with E-state index in [1.165, 1.54) is 6.07 Å². The van der Waals surface area contributed by atoms with E-state index < -0.39 is 11.6 Å². The van der Waals surface area contributed by atoms with Gasteiger partial charge in [0.2, 0.25) is 0 Å².